The van der Waals surface area contributed by atoms with Gasteiger partial charge in [-0.25, -0.2) is 0 Å². The number of rotatable bonds is 24. The smallest absolute Gasteiger partial charge is 0.303 e. The van der Waals surface area contributed by atoms with Crippen LogP contribution in [0.1, 0.15) is 97.1 Å². The average Bonchev–Trinajstić information content (AvgIpc) is 3.58. The molecular weight excluding hydrogens is 1020 g/mol. The molecule has 2 aromatic carbocycles. The number of carboxylic acid groups (broad SMARTS) is 1. The van der Waals surface area contributed by atoms with E-state index in [4.69, 9.17) is 5.11 Å². The number of unbranched alkanes of at least 4 members (excludes halogenated alkanes) is 2. The van der Waals surface area contributed by atoms with Gasteiger partial charge in [-0.1, -0.05) is 58.4 Å². The van der Waals surface area contributed by atoms with E-state index in [2.05, 4.69) is 10.6 Å². The van der Waals surface area contributed by atoms with Crippen LogP contribution >= 0.6 is 0 Å². The molecule has 5 rings (SSSR count). The maximum atomic E-state index is 14.7. The van der Waals surface area contributed by atoms with Gasteiger partial charge in [-0.15, -0.1) is 0 Å². The van der Waals surface area contributed by atoms with Crippen molar-refractivity contribution in [2.45, 2.75) is 102 Å². The van der Waals surface area contributed by atoms with Crippen LogP contribution in [0.15, 0.2) is 83.6 Å². The molecule has 2 amide bonds. The quantitative estimate of drug-likeness (QED) is 0.0247. The van der Waals surface area contributed by atoms with Crippen LogP contribution in [-0.2, 0) is 55.6 Å². The van der Waals surface area contributed by atoms with Gasteiger partial charge in [-0.2, -0.15) is 25.3 Å². The molecule has 400 valence electrons. The van der Waals surface area contributed by atoms with E-state index in [1.54, 1.807) is 55.2 Å². The second-order valence-corrected chi connectivity index (χ2v) is 24.4. The predicted molar refractivity (Wildman–Crippen MR) is 271 cm³/mol. The molecule has 73 heavy (non-hydrogen) atoms. The molecular formula is C47H62N6O17S3. The number of carboxylic acids is 1. The molecule has 2 aliphatic heterocycles. The van der Waals surface area contributed by atoms with E-state index in [9.17, 15) is 73.5 Å². The van der Waals surface area contributed by atoms with Crippen molar-refractivity contribution in [3.63, 3.8) is 0 Å². The number of nitrogens with one attached hydrogen (secondary N) is 2. The standard InChI is InChI=1S/C47H62N6O17S3/c1-44(2)36-28-34(52(58)59)13-15-38(36)50(22-9-24-71(62,63)64)40(44)17-12-32-27-33(31-47(30-32,43(57)49-21-26-73(68,69)70)42(56)48-20-8-6-7-11-41(54)55)18-19-46(5)45(3,4)37-29-35(53(60)61)14-16-39(37)51(46)23-10-25-72(65,66)67/h12-19,27-29H,6-11,20-26,30-31H2,1-5H3,(H,48,56)(H,49,57)(H,54,55)(H,62,63,64)(H,65,66,67)(H,68,69,70)/b19-18+,32-12-,40-17+. The van der Waals surface area contributed by atoms with Gasteiger partial charge in [0.25, 0.3) is 41.7 Å². The lowest BCUT2D eigenvalue weighted by Gasteiger charge is -2.44. The fourth-order valence-electron chi connectivity index (χ4n) is 9.82. The molecule has 2 unspecified atom stereocenters. The Morgan fingerprint density at radius 2 is 1.25 bits per heavy atom. The molecule has 23 nitrogen and oxygen atoms in total. The first-order valence-electron chi connectivity index (χ1n) is 23.3. The summed E-state index contributed by atoms with van der Waals surface area (Å²) in [6.07, 6.45) is 8.65. The van der Waals surface area contributed by atoms with Gasteiger partial charge < -0.3 is 25.5 Å². The van der Waals surface area contributed by atoms with Gasteiger partial charge in [0.15, 0.2) is 0 Å². The Balaban J connectivity index is 1.70. The molecule has 2 aromatic rings. The van der Waals surface area contributed by atoms with E-state index >= 15 is 0 Å². The second-order valence-electron chi connectivity index (χ2n) is 19.7. The number of amides is 2. The van der Waals surface area contributed by atoms with Crippen molar-refractivity contribution in [3.05, 3.63) is 115 Å². The summed E-state index contributed by atoms with van der Waals surface area (Å²) in [4.78, 5) is 66.9. The summed E-state index contributed by atoms with van der Waals surface area (Å²) in [5.41, 5.74) is -2.12. The highest BCUT2D eigenvalue weighted by molar-refractivity contribution is 7.86. The van der Waals surface area contributed by atoms with Crippen LogP contribution in [0, 0.1) is 25.6 Å². The van der Waals surface area contributed by atoms with Crippen molar-refractivity contribution < 1.29 is 68.2 Å². The van der Waals surface area contributed by atoms with Crippen molar-refractivity contribution in [2.75, 3.05) is 53.2 Å². The molecule has 0 saturated heterocycles. The lowest BCUT2D eigenvalue weighted by Crippen LogP contribution is -2.53. The van der Waals surface area contributed by atoms with E-state index in [1.165, 1.54) is 30.3 Å². The zero-order valence-corrected chi connectivity index (χ0v) is 43.5. The Kier molecular flexibility index (Phi) is 17.6. The zero-order valence-electron chi connectivity index (χ0n) is 41.1. The van der Waals surface area contributed by atoms with Crippen molar-refractivity contribution >= 4 is 70.9 Å². The highest BCUT2D eigenvalue weighted by Crippen LogP contribution is 2.54. The van der Waals surface area contributed by atoms with E-state index in [1.807, 2.05) is 25.7 Å². The molecule has 0 bridgehead atoms. The highest BCUT2D eigenvalue weighted by Gasteiger charge is 2.53. The Labute approximate surface area is 424 Å². The summed E-state index contributed by atoms with van der Waals surface area (Å²) in [5, 5.41) is 38.3. The van der Waals surface area contributed by atoms with Gasteiger partial charge in [0.2, 0.25) is 11.8 Å². The Hall–Kier alpha value is -6.06. The van der Waals surface area contributed by atoms with E-state index in [0.717, 1.165) is 0 Å². The minimum absolute atomic E-state index is 0.0166. The fraction of sp³-hybridized carbons (Fsp3) is 0.511. The van der Waals surface area contributed by atoms with Crippen molar-refractivity contribution in [1.29, 1.82) is 0 Å². The number of nitrogens with zero attached hydrogens (tertiary/aromatic N) is 4. The van der Waals surface area contributed by atoms with E-state index in [-0.39, 0.29) is 63.1 Å². The third-order valence-electron chi connectivity index (χ3n) is 14.0. The number of allylic oxidation sites excluding steroid dienone is 7. The lowest BCUT2D eigenvalue weighted by molar-refractivity contribution is -0.385. The SMILES string of the molecule is CC1(C)/C(=C\C=C2C=C(/C=C/C3(C)N(CCCS(=O)(=O)O)c4ccc([N+](=O)[O-])cc4C3(C)C)CC(C(=O)NCCCCCC(=O)O)(C(=O)NCCS(=O)(=O)O)C\2)N(CCCS(=O)(=O)O)c2ccc([N+](=O)[O-])cc21. The lowest BCUT2D eigenvalue weighted by atomic mass is 9.68. The molecule has 0 aromatic heterocycles. The molecule has 0 saturated carbocycles. The van der Waals surface area contributed by atoms with Crippen LogP contribution in [0.5, 0.6) is 0 Å². The molecule has 2 heterocycles. The van der Waals surface area contributed by atoms with Crippen LogP contribution in [-0.4, -0.2) is 121 Å². The molecule has 1 aliphatic carbocycles. The second kappa shape index (κ2) is 22.2. The van der Waals surface area contributed by atoms with Crippen LogP contribution in [0.4, 0.5) is 22.7 Å². The number of nitro groups is 2. The van der Waals surface area contributed by atoms with Crippen molar-refractivity contribution in [2.24, 2.45) is 5.41 Å². The van der Waals surface area contributed by atoms with Crippen LogP contribution < -0.4 is 20.4 Å². The number of fused-ring (bicyclic) bond motifs is 2. The largest absolute Gasteiger partial charge is 0.481 e. The normalized spacial score (nSPS) is 21.5. The Morgan fingerprint density at radius 3 is 1.81 bits per heavy atom. The summed E-state index contributed by atoms with van der Waals surface area (Å²) in [7, 11) is -13.4. The van der Waals surface area contributed by atoms with E-state index < -0.39 is 104 Å². The first-order valence-corrected chi connectivity index (χ1v) is 28.1. The van der Waals surface area contributed by atoms with Gasteiger partial charge in [0, 0.05) is 84.8 Å². The first kappa shape index (κ1) is 57.8. The molecule has 2 atom stereocenters. The number of non-ortho nitro benzene ring substituents is 2. The summed E-state index contributed by atoms with van der Waals surface area (Å²) in [5.74, 6) is -4.77. The molecule has 0 fully saturated rings. The predicted octanol–water partition coefficient (Wildman–Crippen LogP) is 5.55. The monoisotopic (exact) mass is 1080 g/mol. The minimum Gasteiger partial charge on any atom is -0.481 e. The number of nitro benzene ring substituents is 2. The number of carbonyl (C=O) groups is 3. The van der Waals surface area contributed by atoms with Crippen LogP contribution in [0.25, 0.3) is 0 Å². The minimum atomic E-state index is -4.58. The molecule has 0 radical (unpaired) electrons. The third kappa shape index (κ3) is 13.8. The number of hydrogen-bond acceptors (Lipinski definition) is 15. The molecule has 26 heteroatoms. The third-order valence-corrected chi connectivity index (χ3v) is 16.3. The highest BCUT2D eigenvalue weighted by atomic mass is 32.2. The summed E-state index contributed by atoms with van der Waals surface area (Å²) >= 11 is 0. The van der Waals surface area contributed by atoms with Crippen molar-refractivity contribution in [3.8, 4) is 0 Å². The maximum absolute atomic E-state index is 14.7. The summed E-state index contributed by atoms with van der Waals surface area (Å²) in [6.45, 7) is 8.58. The number of benzene rings is 2. The number of anilines is 2. The summed E-state index contributed by atoms with van der Waals surface area (Å²) in [6, 6.07) is 8.54. The fourth-order valence-corrected chi connectivity index (χ4v) is 11.2. The summed E-state index contributed by atoms with van der Waals surface area (Å²) < 4.78 is 99.6. The Morgan fingerprint density at radius 1 is 0.699 bits per heavy atom. The van der Waals surface area contributed by atoms with Gasteiger partial charge >= 0.3 is 5.97 Å². The van der Waals surface area contributed by atoms with Gasteiger partial charge in [0.1, 0.15) is 5.41 Å². The number of hydrogen-bond donors (Lipinski definition) is 6. The van der Waals surface area contributed by atoms with Gasteiger partial charge in [0.05, 0.1) is 32.6 Å². The van der Waals surface area contributed by atoms with Gasteiger partial charge in [-0.05, 0) is 85.9 Å². The first-order chi connectivity index (χ1) is 33.7. The number of aliphatic carboxylic acids is 1. The maximum Gasteiger partial charge on any atom is 0.303 e. The van der Waals surface area contributed by atoms with Gasteiger partial charge in [-0.3, -0.25) is 48.3 Å². The van der Waals surface area contributed by atoms with Crippen molar-refractivity contribution in [1.82, 2.24) is 10.6 Å². The molecule has 3 aliphatic rings. The topological polar surface area (TPSA) is 351 Å². The zero-order chi connectivity index (χ0) is 54.5. The molecule has 6 N–H and O–H groups in total. The number of carbonyl (C=O) groups excluding carboxylic acids is 2. The van der Waals surface area contributed by atoms with Crippen LogP contribution in [0.3, 0.4) is 0 Å². The Bertz CT molecular complexity index is 3000. The van der Waals surface area contributed by atoms with E-state index in [0.29, 0.717) is 58.6 Å². The average molecular weight is 1080 g/mol. The molecule has 0 spiro atoms. The van der Waals surface area contributed by atoms with Crippen LogP contribution in [0.2, 0.25) is 0 Å².